The molecule has 0 fully saturated rings. The van der Waals surface area contributed by atoms with E-state index in [9.17, 15) is 5.11 Å². The van der Waals surface area contributed by atoms with E-state index in [1.165, 1.54) is 0 Å². The minimum absolute atomic E-state index is 0.300. The van der Waals surface area contributed by atoms with E-state index in [4.69, 9.17) is 10.5 Å². The Morgan fingerprint density at radius 3 is 2.35 bits per heavy atom. The molecule has 0 saturated carbocycles. The Labute approximate surface area is 121 Å². The Morgan fingerprint density at radius 1 is 1.15 bits per heavy atom. The standard InChI is InChI=1S/C15H27N3O2/c1-17(2)8-9-18(3)11-14(19)12-20-15-6-4-13(10-16)5-7-15/h4-7,14,19H,8-12,16H2,1-3H3. The van der Waals surface area contributed by atoms with Crippen molar-refractivity contribution in [3.05, 3.63) is 29.8 Å². The van der Waals surface area contributed by atoms with Crippen LogP contribution in [0.15, 0.2) is 24.3 Å². The van der Waals surface area contributed by atoms with Crippen LogP contribution in [0.2, 0.25) is 0 Å². The SMILES string of the molecule is CN(C)CCN(C)CC(O)COc1ccc(CN)cc1. The average Bonchev–Trinajstić information content (AvgIpc) is 2.43. The van der Waals surface area contributed by atoms with Gasteiger partial charge in [0.25, 0.3) is 0 Å². The molecule has 5 nitrogen and oxygen atoms in total. The molecular formula is C15H27N3O2. The zero-order valence-electron chi connectivity index (χ0n) is 12.7. The summed E-state index contributed by atoms with van der Waals surface area (Å²) < 4.78 is 5.57. The van der Waals surface area contributed by atoms with E-state index in [0.717, 1.165) is 24.4 Å². The summed E-state index contributed by atoms with van der Waals surface area (Å²) in [5.74, 6) is 0.761. The van der Waals surface area contributed by atoms with Gasteiger partial charge in [0.2, 0.25) is 0 Å². The van der Waals surface area contributed by atoms with E-state index in [1.54, 1.807) is 0 Å². The number of likely N-dealkylation sites (N-methyl/N-ethyl adjacent to an activating group) is 2. The lowest BCUT2D eigenvalue weighted by Gasteiger charge is -2.22. The molecule has 0 aromatic heterocycles. The number of benzene rings is 1. The smallest absolute Gasteiger partial charge is 0.119 e. The van der Waals surface area contributed by atoms with Crippen molar-refractivity contribution in [1.29, 1.82) is 0 Å². The summed E-state index contributed by atoms with van der Waals surface area (Å²) in [4.78, 5) is 4.23. The number of aliphatic hydroxyl groups excluding tert-OH is 1. The number of ether oxygens (including phenoxy) is 1. The maximum absolute atomic E-state index is 9.95. The highest BCUT2D eigenvalue weighted by atomic mass is 16.5. The first-order valence-electron chi connectivity index (χ1n) is 6.94. The van der Waals surface area contributed by atoms with Crippen molar-refractivity contribution in [3.8, 4) is 5.75 Å². The van der Waals surface area contributed by atoms with Gasteiger partial charge in [-0.05, 0) is 38.8 Å². The molecule has 0 aliphatic heterocycles. The number of rotatable bonds is 9. The Bertz CT molecular complexity index is 368. The topological polar surface area (TPSA) is 62.0 Å². The molecule has 1 rings (SSSR count). The Kier molecular flexibility index (Phi) is 7.54. The molecule has 0 spiro atoms. The predicted octanol–water partition coefficient (Wildman–Crippen LogP) is 0.378. The minimum Gasteiger partial charge on any atom is -0.491 e. The summed E-state index contributed by atoms with van der Waals surface area (Å²) in [6.07, 6.45) is -0.489. The first kappa shape index (κ1) is 16.9. The molecule has 1 atom stereocenters. The molecule has 1 aromatic rings. The highest BCUT2D eigenvalue weighted by molar-refractivity contribution is 5.27. The van der Waals surface area contributed by atoms with Crippen LogP contribution in [0.4, 0.5) is 0 Å². The van der Waals surface area contributed by atoms with Crippen LogP contribution in [0.3, 0.4) is 0 Å². The van der Waals surface area contributed by atoms with Crippen molar-refractivity contribution in [2.45, 2.75) is 12.6 Å². The monoisotopic (exact) mass is 281 g/mol. The lowest BCUT2D eigenvalue weighted by Crippen LogP contribution is -2.36. The van der Waals surface area contributed by atoms with Crippen LogP contribution >= 0.6 is 0 Å². The van der Waals surface area contributed by atoms with Crippen LogP contribution in [0.1, 0.15) is 5.56 Å². The Balaban J connectivity index is 2.26. The predicted molar refractivity (Wildman–Crippen MR) is 81.9 cm³/mol. The van der Waals surface area contributed by atoms with E-state index in [1.807, 2.05) is 45.4 Å². The molecule has 0 saturated heterocycles. The van der Waals surface area contributed by atoms with Crippen molar-refractivity contribution < 1.29 is 9.84 Å². The quantitative estimate of drug-likeness (QED) is 0.685. The second-order valence-corrected chi connectivity index (χ2v) is 5.38. The van der Waals surface area contributed by atoms with Crippen molar-refractivity contribution in [2.75, 3.05) is 47.4 Å². The normalized spacial score (nSPS) is 12.9. The maximum atomic E-state index is 9.95. The number of hydrogen-bond acceptors (Lipinski definition) is 5. The van der Waals surface area contributed by atoms with Gasteiger partial charge in [0.05, 0.1) is 0 Å². The zero-order valence-corrected chi connectivity index (χ0v) is 12.7. The van der Waals surface area contributed by atoms with Crippen molar-refractivity contribution in [3.63, 3.8) is 0 Å². The molecule has 0 radical (unpaired) electrons. The van der Waals surface area contributed by atoms with Crippen LogP contribution in [0.25, 0.3) is 0 Å². The first-order chi connectivity index (χ1) is 9.51. The van der Waals surface area contributed by atoms with Gasteiger partial charge < -0.3 is 25.4 Å². The summed E-state index contributed by atoms with van der Waals surface area (Å²) in [5, 5.41) is 9.95. The number of aliphatic hydroxyl groups is 1. The summed E-state index contributed by atoms with van der Waals surface area (Å²) in [5.41, 5.74) is 6.61. The van der Waals surface area contributed by atoms with Gasteiger partial charge >= 0.3 is 0 Å². The molecule has 5 heteroatoms. The maximum Gasteiger partial charge on any atom is 0.119 e. The Hall–Kier alpha value is -1.14. The van der Waals surface area contributed by atoms with Crippen LogP contribution in [0, 0.1) is 0 Å². The fraction of sp³-hybridized carbons (Fsp3) is 0.600. The molecule has 0 aliphatic carbocycles. The average molecular weight is 281 g/mol. The van der Waals surface area contributed by atoms with Gasteiger partial charge in [-0.25, -0.2) is 0 Å². The summed E-state index contributed by atoms with van der Waals surface area (Å²) >= 11 is 0. The second kappa shape index (κ2) is 8.92. The van der Waals surface area contributed by atoms with Crippen molar-refractivity contribution >= 4 is 0 Å². The fourth-order valence-corrected chi connectivity index (χ4v) is 1.79. The van der Waals surface area contributed by atoms with Gasteiger partial charge in [0.1, 0.15) is 18.5 Å². The first-order valence-corrected chi connectivity index (χ1v) is 6.94. The summed E-state index contributed by atoms with van der Waals surface area (Å²) in [6.45, 7) is 3.34. The third-order valence-electron chi connectivity index (χ3n) is 3.05. The van der Waals surface area contributed by atoms with E-state index >= 15 is 0 Å². The van der Waals surface area contributed by atoms with E-state index < -0.39 is 6.10 Å². The number of nitrogens with zero attached hydrogens (tertiary/aromatic N) is 2. The van der Waals surface area contributed by atoms with Crippen LogP contribution in [-0.2, 0) is 6.54 Å². The highest BCUT2D eigenvalue weighted by Crippen LogP contribution is 2.12. The Morgan fingerprint density at radius 2 is 1.80 bits per heavy atom. The van der Waals surface area contributed by atoms with Gasteiger partial charge in [-0.2, -0.15) is 0 Å². The van der Waals surface area contributed by atoms with Gasteiger partial charge in [-0.3, -0.25) is 0 Å². The largest absolute Gasteiger partial charge is 0.491 e. The fourth-order valence-electron chi connectivity index (χ4n) is 1.79. The van der Waals surface area contributed by atoms with Gasteiger partial charge in [0, 0.05) is 26.2 Å². The van der Waals surface area contributed by atoms with E-state index in [-0.39, 0.29) is 0 Å². The molecule has 1 unspecified atom stereocenters. The third kappa shape index (κ3) is 6.86. The van der Waals surface area contributed by atoms with Crippen LogP contribution < -0.4 is 10.5 Å². The molecule has 3 N–H and O–H groups in total. The van der Waals surface area contributed by atoms with Crippen molar-refractivity contribution in [2.24, 2.45) is 5.73 Å². The molecule has 20 heavy (non-hydrogen) atoms. The lowest BCUT2D eigenvalue weighted by molar-refractivity contribution is 0.0746. The molecule has 0 amide bonds. The van der Waals surface area contributed by atoms with Crippen molar-refractivity contribution in [1.82, 2.24) is 9.80 Å². The van der Waals surface area contributed by atoms with Gasteiger partial charge in [-0.1, -0.05) is 12.1 Å². The summed E-state index contributed by atoms with van der Waals surface area (Å²) in [6, 6.07) is 7.63. The molecule has 1 aromatic carbocycles. The second-order valence-electron chi connectivity index (χ2n) is 5.38. The number of hydrogen-bond donors (Lipinski definition) is 2. The van der Waals surface area contributed by atoms with E-state index in [0.29, 0.717) is 19.7 Å². The molecular weight excluding hydrogens is 254 g/mol. The highest BCUT2D eigenvalue weighted by Gasteiger charge is 2.09. The molecule has 0 heterocycles. The third-order valence-corrected chi connectivity index (χ3v) is 3.05. The van der Waals surface area contributed by atoms with Crippen LogP contribution in [-0.4, -0.2) is 68.4 Å². The summed E-state index contributed by atoms with van der Waals surface area (Å²) in [7, 11) is 6.08. The van der Waals surface area contributed by atoms with E-state index in [2.05, 4.69) is 9.80 Å². The molecule has 0 bridgehead atoms. The van der Waals surface area contributed by atoms with Gasteiger partial charge in [-0.15, -0.1) is 0 Å². The lowest BCUT2D eigenvalue weighted by atomic mass is 10.2. The molecule has 114 valence electrons. The van der Waals surface area contributed by atoms with Crippen LogP contribution in [0.5, 0.6) is 5.75 Å². The number of nitrogens with two attached hydrogens (primary N) is 1. The minimum atomic E-state index is -0.489. The zero-order chi connectivity index (χ0) is 15.0. The van der Waals surface area contributed by atoms with Gasteiger partial charge in [0.15, 0.2) is 0 Å². The molecule has 0 aliphatic rings.